The van der Waals surface area contributed by atoms with E-state index in [0.29, 0.717) is 12.5 Å². The normalized spacial score (nSPS) is 22.7. The molecule has 3 N–H and O–H groups in total. The van der Waals surface area contributed by atoms with Crippen molar-refractivity contribution in [1.29, 1.82) is 0 Å². The van der Waals surface area contributed by atoms with Crippen LogP contribution in [0.1, 0.15) is 33.6 Å². The topological polar surface area (TPSA) is 95.2 Å². The Kier molecular flexibility index (Phi) is 4.04. The second kappa shape index (κ2) is 5.56. The molecule has 0 aliphatic carbocycles. The van der Waals surface area contributed by atoms with Gasteiger partial charge in [-0.3, -0.25) is 0 Å². The summed E-state index contributed by atoms with van der Waals surface area (Å²) < 4.78 is 11.1. The summed E-state index contributed by atoms with van der Waals surface area (Å²) in [7, 11) is 0. The van der Waals surface area contributed by atoms with Crippen molar-refractivity contribution >= 4 is 11.9 Å². The lowest BCUT2D eigenvalue weighted by Gasteiger charge is -2.23. The van der Waals surface area contributed by atoms with E-state index < -0.39 is 0 Å². The molecule has 0 spiro atoms. The van der Waals surface area contributed by atoms with Crippen molar-refractivity contribution in [2.45, 2.75) is 45.3 Å². The molecule has 0 aromatic carbocycles. The molecule has 0 amide bonds. The Bertz CT molecular complexity index is 432. The molecule has 1 aliphatic rings. The number of nitrogens with two attached hydrogens (primary N) is 1. The van der Waals surface area contributed by atoms with Gasteiger partial charge in [0.2, 0.25) is 11.9 Å². The number of nitrogens with zero attached hydrogens (tertiary/aromatic N) is 3. The number of nitrogens with one attached hydrogen (secondary N) is 1. The highest BCUT2D eigenvalue weighted by atomic mass is 16.5. The first kappa shape index (κ1) is 13.8. The van der Waals surface area contributed by atoms with Crippen molar-refractivity contribution in [2.75, 3.05) is 24.2 Å². The van der Waals surface area contributed by atoms with Crippen LogP contribution in [0.15, 0.2) is 0 Å². The summed E-state index contributed by atoms with van der Waals surface area (Å²) in [6.07, 6.45) is 2.10. The van der Waals surface area contributed by atoms with Crippen molar-refractivity contribution in [3.63, 3.8) is 0 Å². The molecule has 19 heavy (non-hydrogen) atoms. The third-order valence-electron chi connectivity index (χ3n) is 2.89. The summed E-state index contributed by atoms with van der Waals surface area (Å²) in [5.74, 6) is 0.561. The minimum atomic E-state index is -0.166. The lowest BCUT2D eigenvalue weighted by Crippen LogP contribution is -2.33. The summed E-state index contributed by atoms with van der Waals surface area (Å²) in [4.78, 5) is 12.1. The van der Waals surface area contributed by atoms with Gasteiger partial charge in [0.05, 0.1) is 11.7 Å². The second-order valence-electron chi connectivity index (χ2n) is 5.22. The van der Waals surface area contributed by atoms with Gasteiger partial charge in [0, 0.05) is 13.2 Å². The lowest BCUT2D eigenvalue weighted by atomic mass is 10.0. The zero-order valence-corrected chi connectivity index (χ0v) is 11.6. The van der Waals surface area contributed by atoms with Crippen molar-refractivity contribution in [3.8, 4) is 6.01 Å². The van der Waals surface area contributed by atoms with E-state index in [-0.39, 0.29) is 23.7 Å². The highest BCUT2D eigenvalue weighted by Gasteiger charge is 2.29. The van der Waals surface area contributed by atoms with Crippen LogP contribution in [0.3, 0.4) is 0 Å². The van der Waals surface area contributed by atoms with E-state index in [9.17, 15) is 0 Å². The highest BCUT2D eigenvalue weighted by molar-refractivity contribution is 5.33. The Balaban J connectivity index is 2.01. The second-order valence-corrected chi connectivity index (χ2v) is 5.22. The van der Waals surface area contributed by atoms with E-state index in [0.717, 1.165) is 19.4 Å². The molecular formula is C12H21N5O2. The summed E-state index contributed by atoms with van der Waals surface area (Å²) >= 11 is 0. The van der Waals surface area contributed by atoms with E-state index in [4.69, 9.17) is 15.2 Å². The largest absolute Gasteiger partial charge is 0.461 e. The average Bonchev–Trinajstić information content (AvgIpc) is 2.73. The quantitative estimate of drug-likeness (QED) is 0.828. The maximum Gasteiger partial charge on any atom is 0.323 e. The molecule has 106 valence electrons. The average molecular weight is 267 g/mol. The van der Waals surface area contributed by atoms with Crippen LogP contribution in [0.4, 0.5) is 11.9 Å². The predicted octanol–water partition coefficient (Wildman–Crippen LogP) is 1.22. The fourth-order valence-electron chi connectivity index (χ4n) is 1.96. The van der Waals surface area contributed by atoms with Crippen molar-refractivity contribution < 1.29 is 9.47 Å². The molecule has 0 saturated carbocycles. The molecule has 1 aromatic rings. The van der Waals surface area contributed by atoms with Crippen LogP contribution in [0.25, 0.3) is 0 Å². The van der Waals surface area contributed by atoms with Gasteiger partial charge >= 0.3 is 6.01 Å². The molecule has 1 aliphatic heterocycles. The number of aromatic nitrogens is 3. The molecule has 2 heterocycles. The van der Waals surface area contributed by atoms with Gasteiger partial charge in [0.1, 0.15) is 0 Å². The molecule has 0 bridgehead atoms. The summed E-state index contributed by atoms with van der Waals surface area (Å²) in [5, 5.41) is 3.13. The van der Waals surface area contributed by atoms with E-state index >= 15 is 0 Å². The number of hydrogen-bond donors (Lipinski definition) is 2. The van der Waals surface area contributed by atoms with Gasteiger partial charge in [0.25, 0.3) is 0 Å². The van der Waals surface area contributed by atoms with Crippen LogP contribution >= 0.6 is 0 Å². The molecule has 7 nitrogen and oxygen atoms in total. The van der Waals surface area contributed by atoms with Gasteiger partial charge < -0.3 is 20.5 Å². The van der Waals surface area contributed by atoms with Crippen LogP contribution in [0, 0.1) is 0 Å². The summed E-state index contributed by atoms with van der Waals surface area (Å²) in [6.45, 7) is 7.32. The van der Waals surface area contributed by atoms with Gasteiger partial charge in [-0.25, -0.2) is 0 Å². The third kappa shape index (κ3) is 3.92. The van der Waals surface area contributed by atoms with E-state index in [1.54, 1.807) is 0 Å². The molecular weight excluding hydrogens is 246 g/mol. The Hall–Kier alpha value is -1.63. The standard InChI is InChI=1S/C12H21N5O2/c1-8(2)19-11-16-9(13)15-10(17-11)14-7-12(3)5-4-6-18-12/h8H,4-7H2,1-3H3,(H3,13,14,15,16,17). The maximum atomic E-state index is 5.69. The van der Waals surface area contributed by atoms with Crippen LogP contribution in [-0.4, -0.2) is 39.8 Å². The van der Waals surface area contributed by atoms with Crippen molar-refractivity contribution in [3.05, 3.63) is 0 Å². The molecule has 1 atom stereocenters. The molecule has 0 radical (unpaired) electrons. The van der Waals surface area contributed by atoms with Crippen LogP contribution in [-0.2, 0) is 4.74 Å². The Morgan fingerprint density at radius 2 is 2.21 bits per heavy atom. The van der Waals surface area contributed by atoms with Crippen LogP contribution in [0.2, 0.25) is 0 Å². The van der Waals surface area contributed by atoms with Crippen LogP contribution < -0.4 is 15.8 Å². The van der Waals surface area contributed by atoms with Gasteiger partial charge in [0.15, 0.2) is 0 Å². The zero-order valence-electron chi connectivity index (χ0n) is 11.6. The molecule has 1 saturated heterocycles. The first-order valence-corrected chi connectivity index (χ1v) is 6.53. The SMILES string of the molecule is CC(C)Oc1nc(N)nc(NCC2(C)CCCO2)n1. The number of nitrogen functional groups attached to an aromatic ring is 1. The summed E-state index contributed by atoms with van der Waals surface area (Å²) in [5.41, 5.74) is 5.47. The number of ether oxygens (including phenoxy) is 2. The summed E-state index contributed by atoms with van der Waals surface area (Å²) in [6, 6.07) is 0.238. The number of rotatable bonds is 5. The van der Waals surface area contributed by atoms with Gasteiger partial charge in [-0.2, -0.15) is 15.0 Å². The van der Waals surface area contributed by atoms with E-state index in [2.05, 4.69) is 27.2 Å². The first-order chi connectivity index (χ1) is 8.97. The van der Waals surface area contributed by atoms with Crippen molar-refractivity contribution in [1.82, 2.24) is 15.0 Å². The molecule has 1 fully saturated rings. The Labute approximate surface area is 112 Å². The minimum Gasteiger partial charge on any atom is -0.461 e. The van der Waals surface area contributed by atoms with E-state index in [1.807, 2.05) is 13.8 Å². The third-order valence-corrected chi connectivity index (χ3v) is 2.89. The predicted molar refractivity (Wildman–Crippen MR) is 72.1 cm³/mol. The number of anilines is 2. The molecule has 2 rings (SSSR count). The molecule has 1 aromatic heterocycles. The maximum absolute atomic E-state index is 5.69. The smallest absolute Gasteiger partial charge is 0.323 e. The first-order valence-electron chi connectivity index (χ1n) is 6.53. The van der Waals surface area contributed by atoms with Gasteiger partial charge in [-0.1, -0.05) is 0 Å². The van der Waals surface area contributed by atoms with Crippen molar-refractivity contribution in [2.24, 2.45) is 0 Å². The highest BCUT2D eigenvalue weighted by Crippen LogP contribution is 2.25. The zero-order chi connectivity index (χ0) is 13.9. The fraction of sp³-hybridized carbons (Fsp3) is 0.750. The molecule has 7 heteroatoms. The minimum absolute atomic E-state index is 0.00895. The van der Waals surface area contributed by atoms with E-state index in [1.165, 1.54) is 0 Å². The number of hydrogen-bond acceptors (Lipinski definition) is 7. The van der Waals surface area contributed by atoms with Gasteiger partial charge in [-0.15, -0.1) is 0 Å². The Morgan fingerprint density at radius 3 is 2.84 bits per heavy atom. The molecule has 1 unspecified atom stereocenters. The van der Waals surface area contributed by atoms with Gasteiger partial charge in [-0.05, 0) is 33.6 Å². The fourth-order valence-corrected chi connectivity index (χ4v) is 1.96. The lowest BCUT2D eigenvalue weighted by molar-refractivity contribution is 0.0314. The monoisotopic (exact) mass is 267 g/mol. The van der Waals surface area contributed by atoms with Crippen LogP contribution in [0.5, 0.6) is 6.01 Å². The Morgan fingerprint density at radius 1 is 1.42 bits per heavy atom.